The first-order valence-electron chi connectivity index (χ1n) is 7.32. The molecule has 0 aliphatic heterocycles. The quantitative estimate of drug-likeness (QED) is 0.563. The summed E-state index contributed by atoms with van der Waals surface area (Å²) in [5.41, 5.74) is 9.08. The standard InChI is InChI=1S/C16H18N4O2S/c1-8(2)11-6-12-10(7-23-16-18-15(17)19-20-16)5-14(21)22-13(12)4-9(11)3/h4-6,8H,7H2,1-3H3,(H3,17,18,19,20). The molecule has 0 spiro atoms. The van der Waals surface area contributed by atoms with Crippen molar-refractivity contribution in [2.45, 2.75) is 37.6 Å². The third-order valence-corrected chi connectivity index (χ3v) is 4.57. The first-order chi connectivity index (χ1) is 10.9. The van der Waals surface area contributed by atoms with E-state index in [1.54, 1.807) is 0 Å². The van der Waals surface area contributed by atoms with Gasteiger partial charge in [0.15, 0.2) is 0 Å². The minimum atomic E-state index is -0.348. The predicted octanol–water partition coefficient (Wildman–Crippen LogP) is 3.22. The Morgan fingerprint density at radius 2 is 2.13 bits per heavy atom. The molecule has 0 unspecified atom stereocenters. The molecular weight excluding hydrogens is 312 g/mol. The van der Waals surface area contributed by atoms with Crippen LogP contribution in [-0.2, 0) is 5.75 Å². The number of nitrogen functional groups attached to an aromatic ring is 1. The van der Waals surface area contributed by atoms with Gasteiger partial charge in [0.05, 0.1) is 0 Å². The molecule has 0 aliphatic rings. The van der Waals surface area contributed by atoms with Gasteiger partial charge in [-0.05, 0) is 41.7 Å². The highest BCUT2D eigenvalue weighted by Crippen LogP contribution is 2.29. The number of H-pyrrole nitrogens is 1. The summed E-state index contributed by atoms with van der Waals surface area (Å²) in [6.07, 6.45) is 0. The fraction of sp³-hybridized carbons (Fsp3) is 0.312. The number of nitrogens with one attached hydrogen (secondary N) is 1. The van der Waals surface area contributed by atoms with Crippen molar-refractivity contribution in [1.82, 2.24) is 15.2 Å². The minimum absolute atomic E-state index is 0.280. The number of anilines is 1. The second-order valence-corrected chi connectivity index (χ2v) is 6.68. The molecule has 0 saturated carbocycles. The first kappa shape index (κ1) is 15.6. The number of hydrogen-bond donors (Lipinski definition) is 2. The fourth-order valence-corrected chi connectivity index (χ4v) is 3.39. The summed E-state index contributed by atoms with van der Waals surface area (Å²) in [5, 5.41) is 8.10. The molecule has 6 nitrogen and oxygen atoms in total. The number of nitrogens with two attached hydrogens (primary N) is 1. The average molecular weight is 330 g/mol. The molecule has 2 heterocycles. The Morgan fingerprint density at radius 1 is 1.35 bits per heavy atom. The smallest absolute Gasteiger partial charge is 0.336 e. The van der Waals surface area contributed by atoms with E-state index < -0.39 is 0 Å². The van der Waals surface area contributed by atoms with Crippen LogP contribution < -0.4 is 11.4 Å². The van der Waals surface area contributed by atoms with Gasteiger partial charge in [-0.2, -0.15) is 4.98 Å². The first-order valence-corrected chi connectivity index (χ1v) is 8.30. The van der Waals surface area contributed by atoms with E-state index in [4.69, 9.17) is 10.2 Å². The number of aromatic amines is 1. The molecule has 0 atom stereocenters. The summed E-state index contributed by atoms with van der Waals surface area (Å²) in [6, 6.07) is 5.58. The number of aromatic nitrogens is 3. The maximum absolute atomic E-state index is 11.8. The molecule has 3 rings (SSSR count). The number of thioether (sulfide) groups is 1. The van der Waals surface area contributed by atoms with E-state index >= 15 is 0 Å². The molecule has 3 aromatic rings. The van der Waals surface area contributed by atoms with Crippen LogP contribution in [0.1, 0.15) is 36.5 Å². The Balaban J connectivity index is 2.03. The molecule has 0 saturated heterocycles. The second-order valence-electron chi connectivity index (χ2n) is 5.74. The van der Waals surface area contributed by atoms with Crippen molar-refractivity contribution in [3.8, 4) is 0 Å². The average Bonchev–Trinajstić information content (AvgIpc) is 2.89. The van der Waals surface area contributed by atoms with Gasteiger partial charge in [0.25, 0.3) is 0 Å². The highest BCUT2D eigenvalue weighted by Gasteiger charge is 2.12. The van der Waals surface area contributed by atoms with Crippen LogP contribution >= 0.6 is 11.8 Å². The molecule has 3 N–H and O–H groups in total. The SMILES string of the molecule is Cc1cc2oc(=O)cc(CSc3n[nH]c(N)n3)c2cc1C(C)C. The van der Waals surface area contributed by atoms with Crippen molar-refractivity contribution in [3.63, 3.8) is 0 Å². The number of fused-ring (bicyclic) bond motifs is 1. The Bertz CT molecular complexity index is 914. The lowest BCUT2D eigenvalue weighted by Crippen LogP contribution is -2.02. The van der Waals surface area contributed by atoms with E-state index in [1.807, 2.05) is 13.0 Å². The van der Waals surface area contributed by atoms with Crippen LogP contribution in [0.5, 0.6) is 0 Å². The molecule has 2 aromatic heterocycles. The van der Waals surface area contributed by atoms with Crippen molar-refractivity contribution in [2.24, 2.45) is 0 Å². The molecule has 23 heavy (non-hydrogen) atoms. The van der Waals surface area contributed by atoms with Gasteiger partial charge < -0.3 is 10.2 Å². The summed E-state index contributed by atoms with van der Waals surface area (Å²) in [7, 11) is 0. The van der Waals surface area contributed by atoms with Gasteiger partial charge in [0.2, 0.25) is 11.1 Å². The van der Waals surface area contributed by atoms with Crippen molar-refractivity contribution >= 4 is 28.7 Å². The molecule has 0 aliphatic carbocycles. The lowest BCUT2D eigenvalue weighted by Gasteiger charge is -2.12. The topological polar surface area (TPSA) is 97.8 Å². The Labute approximate surface area is 137 Å². The number of rotatable bonds is 4. The molecule has 7 heteroatoms. The molecule has 0 bridgehead atoms. The zero-order valence-corrected chi connectivity index (χ0v) is 14.0. The minimum Gasteiger partial charge on any atom is -0.423 e. The van der Waals surface area contributed by atoms with Gasteiger partial charge in [-0.1, -0.05) is 25.6 Å². The van der Waals surface area contributed by atoms with Crippen LogP contribution in [0.2, 0.25) is 0 Å². The van der Waals surface area contributed by atoms with E-state index in [9.17, 15) is 4.79 Å². The molecule has 1 aromatic carbocycles. The maximum Gasteiger partial charge on any atom is 0.336 e. The molecule has 0 fully saturated rings. The van der Waals surface area contributed by atoms with E-state index in [0.717, 1.165) is 16.5 Å². The van der Waals surface area contributed by atoms with E-state index in [2.05, 4.69) is 35.1 Å². The highest BCUT2D eigenvalue weighted by atomic mass is 32.2. The summed E-state index contributed by atoms with van der Waals surface area (Å²) in [4.78, 5) is 15.9. The van der Waals surface area contributed by atoms with Gasteiger partial charge in [0.1, 0.15) is 5.58 Å². The van der Waals surface area contributed by atoms with Crippen LogP contribution in [0.3, 0.4) is 0 Å². The van der Waals surface area contributed by atoms with Gasteiger partial charge in [0, 0.05) is 17.2 Å². The van der Waals surface area contributed by atoms with Crippen LogP contribution in [-0.4, -0.2) is 15.2 Å². The lowest BCUT2D eigenvalue weighted by molar-refractivity contribution is 0.559. The van der Waals surface area contributed by atoms with Crippen molar-refractivity contribution in [3.05, 3.63) is 45.3 Å². The van der Waals surface area contributed by atoms with Crippen LogP contribution in [0, 0.1) is 6.92 Å². The molecular formula is C16H18N4O2S. The Morgan fingerprint density at radius 3 is 2.78 bits per heavy atom. The van der Waals surface area contributed by atoms with E-state index in [-0.39, 0.29) is 11.6 Å². The molecule has 120 valence electrons. The van der Waals surface area contributed by atoms with E-state index in [0.29, 0.717) is 22.4 Å². The highest BCUT2D eigenvalue weighted by molar-refractivity contribution is 7.98. The van der Waals surface area contributed by atoms with Crippen molar-refractivity contribution in [2.75, 3.05) is 5.73 Å². The van der Waals surface area contributed by atoms with Crippen LogP contribution in [0.4, 0.5) is 5.95 Å². The normalized spacial score (nSPS) is 11.5. The van der Waals surface area contributed by atoms with Gasteiger partial charge in [-0.3, -0.25) is 0 Å². The molecule has 0 amide bonds. The summed E-state index contributed by atoms with van der Waals surface area (Å²) < 4.78 is 5.35. The van der Waals surface area contributed by atoms with Crippen molar-refractivity contribution < 1.29 is 4.42 Å². The largest absolute Gasteiger partial charge is 0.423 e. The zero-order chi connectivity index (χ0) is 16.6. The number of nitrogens with zero attached hydrogens (tertiary/aromatic N) is 2. The van der Waals surface area contributed by atoms with E-state index in [1.165, 1.54) is 23.4 Å². The van der Waals surface area contributed by atoms with Gasteiger partial charge >= 0.3 is 5.63 Å². The van der Waals surface area contributed by atoms with Gasteiger partial charge in [-0.25, -0.2) is 9.89 Å². The predicted molar refractivity (Wildman–Crippen MR) is 91.7 cm³/mol. The van der Waals surface area contributed by atoms with Crippen LogP contribution in [0.25, 0.3) is 11.0 Å². The Kier molecular flexibility index (Phi) is 4.12. The fourth-order valence-electron chi connectivity index (χ4n) is 2.60. The lowest BCUT2D eigenvalue weighted by atomic mass is 9.95. The summed E-state index contributed by atoms with van der Waals surface area (Å²) >= 11 is 1.42. The number of aryl methyl sites for hydroxylation is 1. The van der Waals surface area contributed by atoms with Crippen LogP contribution in [0.15, 0.2) is 32.6 Å². The zero-order valence-electron chi connectivity index (χ0n) is 13.2. The number of benzene rings is 1. The third kappa shape index (κ3) is 3.24. The third-order valence-electron chi connectivity index (χ3n) is 3.68. The summed E-state index contributed by atoms with van der Waals surface area (Å²) in [5.74, 6) is 1.25. The summed E-state index contributed by atoms with van der Waals surface area (Å²) in [6.45, 7) is 6.34. The second kappa shape index (κ2) is 6.08. The number of hydrogen-bond acceptors (Lipinski definition) is 6. The van der Waals surface area contributed by atoms with Gasteiger partial charge in [-0.15, -0.1) is 5.10 Å². The monoisotopic (exact) mass is 330 g/mol. The maximum atomic E-state index is 11.8. The molecule has 0 radical (unpaired) electrons. The van der Waals surface area contributed by atoms with Crippen molar-refractivity contribution in [1.29, 1.82) is 0 Å². The Hall–Kier alpha value is -2.28.